The maximum atomic E-state index is 14.2. The van der Waals surface area contributed by atoms with Crippen LogP contribution >= 0.6 is 11.6 Å². The monoisotopic (exact) mass is 505 g/mol. The van der Waals surface area contributed by atoms with Crippen molar-refractivity contribution >= 4 is 40.7 Å². The van der Waals surface area contributed by atoms with Crippen molar-refractivity contribution in [2.75, 3.05) is 35.3 Å². The average Bonchev–Trinajstić information content (AvgIpc) is 2.79. The van der Waals surface area contributed by atoms with Gasteiger partial charge < -0.3 is 25.4 Å². The molecule has 0 aromatic heterocycles. The highest BCUT2D eigenvalue weighted by Crippen LogP contribution is 2.35. The molecule has 0 radical (unpaired) electrons. The third-order valence-electron chi connectivity index (χ3n) is 6.00. The Morgan fingerprint density at radius 1 is 1.11 bits per heavy atom. The Kier molecular flexibility index (Phi) is 9.34. The number of anilines is 3. The third-order valence-corrected chi connectivity index (χ3v) is 6.24. The maximum Gasteiger partial charge on any atom is 0.323 e. The molecular weight excluding hydrogens is 473 g/mol. The number of aliphatic carboxylic acids is 1. The van der Waals surface area contributed by atoms with Crippen LogP contribution in [0.5, 0.6) is 0 Å². The molecule has 9 heteroatoms. The summed E-state index contributed by atoms with van der Waals surface area (Å²) < 4.78 is 19.8. The summed E-state index contributed by atoms with van der Waals surface area (Å²) in [6.45, 7) is 8.23. The normalized spacial score (nSPS) is 15.0. The molecule has 1 heterocycles. The molecule has 2 amide bonds. The lowest BCUT2D eigenvalue weighted by molar-refractivity contribution is -0.137. The largest absolute Gasteiger partial charge is 0.481 e. The van der Waals surface area contributed by atoms with E-state index in [0.717, 1.165) is 36.7 Å². The summed E-state index contributed by atoms with van der Waals surface area (Å²) in [4.78, 5) is 26.4. The van der Waals surface area contributed by atoms with Crippen LogP contribution in [0.15, 0.2) is 36.4 Å². The Bertz CT molecular complexity index is 1040. The van der Waals surface area contributed by atoms with Gasteiger partial charge in [-0.05, 0) is 60.6 Å². The van der Waals surface area contributed by atoms with Crippen LogP contribution in [-0.2, 0) is 9.53 Å². The molecule has 0 bridgehead atoms. The number of hydrogen-bond donors (Lipinski definition) is 3. The lowest BCUT2D eigenvalue weighted by Crippen LogP contribution is -2.42. The minimum Gasteiger partial charge on any atom is -0.481 e. The van der Waals surface area contributed by atoms with Gasteiger partial charge in [0.25, 0.3) is 0 Å². The summed E-state index contributed by atoms with van der Waals surface area (Å²) in [7, 11) is 0. The Balaban J connectivity index is 1.95. The fraction of sp³-hybridized carbons (Fsp3) is 0.462. The fourth-order valence-electron chi connectivity index (χ4n) is 4.29. The van der Waals surface area contributed by atoms with Crippen molar-refractivity contribution in [2.24, 2.45) is 5.92 Å². The number of carbonyl (C=O) groups is 2. The molecule has 3 rings (SSSR count). The molecule has 0 aliphatic carbocycles. The number of rotatable bonds is 9. The van der Waals surface area contributed by atoms with E-state index in [-0.39, 0.29) is 29.1 Å². The first kappa shape index (κ1) is 26.8. The molecule has 7 nitrogen and oxygen atoms in total. The van der Waals surface area contributed by atoms with Crippen molar-refractivity contribution in [1.29, 1.82) is 0 Å². The van der Waals surface area contributed by atoms with Gasteiger partial charge in [0.1, 0.15) is 5.82 Å². The van der Waals surface area contributed by atoms with Crippen molar-refractivity contribution in [2.45, 2.75) is 52.0 Å². The van der Waals surface area contributed by atoms with Crippen molar-refractivity contribution < 1.29 is 23.8 Å². The molecule has 1 aliphatic rings. The molecule has 1 atom stereocenters. The van der Waals surface area contributed by atoms with Gasteiger partial charge in [-0.3, -0.25) is 4.79 Å². The van der Waals surface area contributed by atoms with E-state index in [9.17, 15) is 19.1 Å². The number of carboxylic acids is 1. The number of halogens is 2. The van der Waals surface area contributed by atoms with Crippen molar-refractivity contribution in [3.05, 3.63) is 52.8 Å². The van der Waals surface area contributed by atoms with Crippen molar-refractivity contribution in [1.82, 2.24) is 0 Å². The minimum atomic E-state index is -0.893. The van der Waals surface area contributed by atoms with Crippen LogP contribution in [0.4, 0.5) is 26.2 Å². The van der Waals surface area contributed by atoms with Gasteiger partial charge in [-0.15, -0.1) is 0 Å². The van der Waals surface area contributed by atoms with Gasteiger partial charge in [-0.1, -0.05) is 38.4 Å². The van der Waals surface area contributed by atoms with Gasteiger partial charge >= 0.3 is 12.0 Å². The second-order valence-corrected chi connectivity index (χ2v) is 9.80. The number of hydrogen-bond acceptors (Lipinski definition) is 4. The second-order valence-electron chi connectivity index (χ2n) is 9.37. The zero-order valence-electron chi connectivity index (χ0n) is 20.3. The van der Waals surface area contributed by atoms with Crippen LogP contribution in [0, 0.1) is 11.7 Å². The van der Waals surface area contributed by atoms with Crippen LogP contribution in [0.3, 0.4) is 0 Å². The highest BCUT2D eigenvalue weighted by atomic mass is 35.5. The van der Waals surface area contributed by atoms with Gasteiger partial charge in [-0.25, -0.2) is 9.18 Å². The highest BCUT2D eigenvalue weighted by molar-refractivity contribution is 6.30. The van der Waals surface area contributed by atoms with E-state index in [1.165, 1.54) is 12.1 Å². The van der Waals surface area contributed by atoms with E-state index in [1.54, 1.807) is 0 Å². The second kappa shape index (κ2) is 12.2. The lowest BCUT2D eigenvalue weighted by Gasteiger charge is -2.38. The molecule has 190 valence electrons. The van der Waals surface area contributed by atoms with Crippen molar-refractivity contribution in [3.8, 4) is 0 Å². The van der Waals surface area contributed by atoms with Crippen molar-refractivity contribution in [3.63, 3.8) is 0 Å². The standard InChI is InChI=1S/C26H33ClFN3O4/c1-16(2)15-31(20-8-10-35-11-9-20)24-7-4-18(17(3)12-25(32)33)13-23(24)30-26(34)29-22-6-5-19(27)14-21(22)28/h4-7,13-14,16-17,20H,8-12,15H2,1-3H3,(H,32,33)(H2,29,30,34). The number of carboxylic acid groups (broad SMARTS) is 1. The van der Waals surface area contributed by atoms with E-state index in [2.05, 4.69) is 29.4 Å². The van der Waals surface area contributed by atoms with Crippen LogP contribution in [0.1, 0.15) is 51.5 Å². The topological polar surface area (TPSA) is 90.9 Å². The number of benzene rings is 2. The molecule has 2 aromatic carbocycles. The molecular formula is C26H33ClFN3O4. The zero-order chi connectivity index (χ0) is 25.5. The van der Waals surface area contributed by atoms with E-state index < -0.39 is 17.8 Å². The Hall–Kier alpha value is -2.84. The minimum absolute atomic E-state index is 0.00677. The Morgan fingerprint density at radius 3 is 2.43 bits per heavy atom. The van der Waals surface area contributed by atoms with Crippen LogP contribution in [-0.4, -0.2) is 42.9 Å². The van der Waals surface area contributed by atoms with Gasteiger partial charge in [0.15, 0.2) is 0 Å². The number of amides is 2. The first-order valence-corrected chi connectivity index (χ1v) is 12.2. The lowest BCUT2D eigenvalue weighted by atomic mass is 9.95. The fourth-order valence-corrected chi connectivity index (χ4v) is 4.45. The van der Waals surface area contributed by atoms with E-state index in [0.29, 0.717) is 24.8 Å². The van der Waals surface area contributed by atoms with E-state index >= 15 is 0 Å². The molecule has 35 heavy (non-hydrogen) atoms. The predicted octanol–water partition coefficient (Wildman–Crippen LogP) is 6.34. The van der Waals surface area contributed by atoms with Crippen LogP contribution in [0.25, 0.3) is 0 Å². The SMILES string of the molecule is CC(C)CN(c1ccc(C(C)CC(=O)O)cc1NC(=O)Nc1ccc(Cl)cc1F)C1CCOCC1. The average molecular weight is 506 g/mol. The maximum absolute atomic E-state index is 14.2. The van der Waals surface area contributed by atoms with Gasteiger partial charge in [0, 0.05) is 30.8 Å². The van der Waals surface area contributed by atoms with Gasteiger partial charge in [0.05, 0.1) is 23.5 Å². The summed E-state index contributed by atoms with van der Waals surface area (Å²) in [6.07, 6.45) is 1.70. The summed E-state index contributed by atoms with van der Waals surface area (Å²) >= 11 is 5.81. The smallest absolute Gasteiger partial charge is 0.323 e. The Morgan fingerprint density at radius 2 is 1.80 bits per heavy atom. The number of nitrogens with one attached hydrogen (secondary N) is 2. The van der Waals surface area contributed by atoms with Crippen LogP contribution in [0.2, 0.25) is 5.02 Å². The van der Waals surface area contributed by atoms with E-state index in [4.69, 9.17) is 16.3 Å². The first-order valence-electron chi connectivity index (χ1n) is 11.9. The molecule has 1 aliphatic heterocycles. The third kappa shape index (κ3) is 7.57. The molecule has 1 saturated heterocycles. The molecule has 0 spiro atoms. The summed E-state index contributed by atoms with van der Waals surface area (Å²) in [5, 5.41) is 14.9. The molecule has 2 aromatic rings. The number of ether oxygens (including phenoxy) is 1. The number of carbonyl (C=O) groups excluding carboxylic acids is 1. The van der Waals surface area contributed by atoms with Gasteiger partial charge in [-0.2, -0.15) is 0 Å². The zero-order valence-corrected chi connectivity index (χ0v) is 21.1. The summed E-state index contributed by atoms with van der Waals surface area (Å²) in [5.41, 5.74) is 2.18. The first-order chi connectivity index (χ1) is 16.6. The number of urea groups is 1. The molecule has 0 saturated carbocycles. The Labute approximate surface area is 210 Å². The van der Waals surface area contributed by atoms with E-state index in [1.807, 2.05) is 25.1 Å². The van der Waals surface area contributed by atoms with Crippen LogP contribution < -0.4 is 15.5 Å². The molecule has 1 fully saturated rings. The summed E-state index contributed by atoms with van der Waals surface area (Å²) in [5.74, 6) is -1.41. The predicted molar refractivity (Wildman–Crippen MR) is 137 cm³/mol. The highest BCUT2D eigenvalue weighted by Gasteiger charge is 2.26. The summed E-state index contributed by atoms with van der Waals surface area (Å²) in [6, 6.07) is 9.32. The molecule has 3 N–H and O–H groups in total. The quantitative estimate of drug-likeness (QED) is 0.370. The molecule has 1 unspecified atom stereocenters. The number of nitrogens with zero attached hydrogens (tertiary/aromatic N) is 1. The van der Waals surface area contributed by atoms with Gasteiger partial charge in [0.2, 0.25) is 0 Å².